The van der Waals surface area contributed by atoms with Crippen LogP contribution < -0.4 is 4.72 Å². The molecule has 0 aromatic carbocycles. The van der Waals surface area contributed by atoms with Crippen LogP contribution in [0.4, 0.5) is 0 Å². The van der Waals surface area contributed by atoms with Gasteiger partial charge in [0, 0.05) is 12.1 Å². The zero-order valence-corrected chi connectivity index (χ0v) is 9.97. The Labute approximate surface area is 86.7 Å². The van der Waals surface area contributed by atoms with E-state index in [4.69, 9.17) is 0 Å². The van der Waals surface area contributed by atoms with Gasteiger partial charge >= 0.3 is 0 Å². The van der Waals surface area contributed by atoms with Crippen LogP contribution in [-0.2, 0) is 10.0 Å². The molecule has 0 unspecified atom stereocenters. The van der Waals surface area contributed by atoms with E-state index in [0.717, 1.165) is 25.9 Å². The Kier molecular flexibility index (Phi) is 3.92. The molecule has 1 heterocycles. The van der Waals surface area contributed by atoms with Crippen LogP contribution in [0.3, 0.4) is 0 Å². The van der Waals surface area contributed by atoms with Gasteiger partial charge in [-0.15, -0.1) is 0 Å². The molecule has 0 spiro atoms. The summed E-state index contributed by atoms with van der Waals surface area (Å²) in [6.45, 7) is 6.32. The van der Waals surface area contributed by atoms with Crippen molar-refractivity contribution in [1.29, 1.82) is 0 Å². The lowest BCUT2D eigenvalue weighted by Crippen LogP contribution is -2.46. The van der Waals surface area contributed by atoms with E-state index in [-0.39, 0.29) is 6.04 Å². The van der Waals surface area contributed by atoms with Crippen LogP contribution in [0, 0.1) is 0 Å². The highest BCUT2D eigenvalue weighted by atomic mass is 32.2. The summed E-state index contributed by atoms with van der Waals surface area (Å²) in [5, 5.41) is 0. The minimum Gasteiger partial charge on any atom is -0.301 e. The molecule has 0 radical (unpaired) electrons. The van der Waals surface area contributed by atoms with Gasteiger partial charge in [-0.25, -0.2) is 13.1 Å². The molecule has 1 rings (SSSR count). The number of piperidine rings is 1. The molecule has 0 bridgehead atoms. The summed E-state index contributed by atoms with van der Waals surface area (Å²) in [4.78, 5) is 2.38. The molecule has 5 heteroatoms. The van der Waals surface area contributed by atoms with Crippen molar-refractivity contribution in [2.45, 2.75) is 38.8 Å². The van der Waals surface area contributed by atoms with Crippen LogP contribution in [0.2, 0.25) is 0 Å². The van der Waals surface area contributed by atoms with Crippen LogP contribution in [0.5, 0.6) is 0 Å². The number of sulfonamides is 1. The number of rotatable bonds is 3. The number of hydrogen-bond donors (Lipinski definition) is 1. The molecule has 0 aromatic heterocycles. The van der Waals surface area contributed by atoms with Gasteiger partial charge in [0.2, 0.25) is 10.0 Å². The number of nitrogens with zero attached hydrogens (tertiary/aromatic N) is 1. The normalized spacial score (nSPS) is 21.7. The average Bonchev–Trinajstić information content (AvgIpc) is 2.02. The van der Waals surface area contributed by atoms with Crippen LogP contribution in [0.25, 0.3) is 0 Å². The lowest BCUT2D eigenvalue weighted by atomic mass is 10.1. The SMILES string of the molecule is CC(C)N1CCC(NS(C)(=O)=O)CC1. The Morgan fingerprint density at radius 2 is 1.79 bits per heavy atom. The highest BCUT2D eigenvalue weighted by molar-refractivity contribution is 7.88. The van der Waals surface area contributed by atoms with E-state index in [1.54, 1.807) is 0 Å². The third-order valence-corrected chi connectivity index (χ3v) is 3.40. The second-order valence-corrected chi connectivity index (χ2v) is 6.07. The Balaban J connectivity index is 2.36. The largest absolute Gasteiger partial charge is 0.301 e. The molecular weight excluding hydrogens is 200 g/mol. The predicted octanol–water partition coefficient (Wildman–Crippen LogP) is 0.408. The fourth-order valence-corrected chi connectivity index (χ4v) is 2.68. The summed E-state index contributed by atoms with van der Waals surface area (Å²) >= 11 is 0. The second kappa shape index (κ2) is 4.59. The summed E-state index contributed by atoms with van der Waals surface area (Å²) in [6, 6.07) is 0.703. The molecule has 0 aliphatic carbocycles. The minimum atomic E-state index is -3.03. The van der Waals surface area contributed by atoms with Gasteiger partial charge in [0.1, 0.15) is 0 Å². The molecule has 1 aliphatic rings. The first kappa shape index (κ1) is 11.9. The quantitative estimate of drug-likeness (QED) is 0.749. The van der Waals surface area contributed by atoms with Gasteiger partial charge < -0.3 is 4.90 Å². The minimum absolute atomic E-state index is 0.139. The third kappa shape index (κ3) is 3.94. The highest BCUT2D eigenvalue weighted by Crippen LogP contribution is 2.13. The first-order valence-corrected chi connectivity index (χ1v) is 6.99. The van der Waals surface area contributed by atoms with E-state index in [2.05, 4.69) is 23.5 Å². The smallest absolute Gasteiger partial charge is 0.208 e. The molecule has 1 saturated heterocycles. The highest BCUT2D eigenvalue weighted by Gasteiger charge is 2.22. The Bertz CT molecular complexity index is 267. The summed E-state index contributed by atoms with van der Waals surface area (Å²) in [5.74, 6) is 0. The van der Waals surface area contributed by atoms with E-state index in [1.807, 2.05) is 0 Å². The summed E-state index contributed by atoms with van der Waals surface area (Å²) in [6.07, 6.45) is 3.07. The van der Waals surface area contributed by atoms with Gasteiger partial charge in [-0.05, 0) is 39.8 Å². The van der Waals surface area contributed by atoms with Crippen LogP contribution in [0.15, 0.2) is 0 Å². The molecule has 1 aliphatic heterocycles. The van der Waals surface area contributed by atoms with Crippen molar-refractivity contribution in [2.24, 2.45) is 0 Å². The van der Waals surface area contributed by atoms with Gasteiger partial charge in [0.15, 0.2) is 0 Å². The standard InChI is InChI=1S/C9H20N2O2S/c1-8(2)11-6-4-9(5-7-11)10-14(3,12)13/h8-10H,4-7H2,1-3H3. The fourth-order valence-electron chi connectivity index (χ4n) is 1.84. The maximum absolute atomic E-state index is 11.0. The lowest BCUT2D eigenvalue weighted by Gasteiger charge is -2.34. The molecule has 0 aromatic rings. The van der Waals surface area contributed by atoms with Crippen LogP contribution in [0.1, 0.15) is 26.7 Å². The topological polar surface area (TPSA) is 49.4 Å². The first-order chi connectivity index (χ1) is 6.38. The van der Waals surface area contributed by atoms with E-state index in [1.165, 1.54) is 6.26 Å². The Morgan fingerprint density at radius 3 is 2.14 bits per heavy atom. The second-order valence-electron chi connectivity index (χ2n) is 4.29. The monoisotopic (exact) mass is 220 g/mol. The molecule has 1 fully saturated rings. The Hall–Kier alpha value is -0.130. The molecule has 4 nitrogen and oxygen atoms in total. The van der Waals surface area contributed by atoms with Gasteiger partial charge in [0.25, 0.3) is 0 Å². The maximum Gasteiger partial charge on any atom is 0.208 e. The zero-order chi connectivity index (χ0) is 10.8. The van der Waals surface area contributed by atoms with Gasteiger partial charge in [-0.2, -0.15) is 0 Å². The average molecular weight is 220 g/mol. The summed E-state index contributed by atoms with van der Waals surface area (Å²) in [7, 11) is -3.03. The lowest BCUT2D eigenvalue weighted by molar-refractivity contribution is 0.168. The van der Waals surface area contributed by atoms with Gasteiger partial charge in [-0.3, -0.25) is 0 Å². The fraction of sp³-hybridized carbons (Fsp3) is 1.00. The van der Waals surface area contributed by atoms with Gasteiger partial charge in [-0.1, -0.05) is 0 Å². The number of nitrogens with one attached hydrogen (secondary N) is 1. The summed E-state index contributed by atoms with van der Waals surface area (Å²) in [5.41, 5.74) is 0. The van der Waals surface area contributed by atoms with Crippen molar-refractivity contribution >= 4 is 10.0 Å². The summed E-state index contributed by atoms with van der Waals surface area (Å²) < 4.78 is 24.6. The van der Waals surface area contributed by atoms with Crippen molar-refractivity contribution in [3.63, 3.8) is 0 Å². The van der Waals surface area contributed by atoms with Crippen molar-refractivity contribution in [1.82, 2.24) is 9.62 Å². The Morgan fingerprint density at radius 1 is 1.29 bits per heavy atom. The van der Waals surface area contributed by atoms with Crippen LogP contribution in [-0.4, -0.2) is 44.7 Å². The molecule has 0 amide bonds. The maximum atomic E-state index is 11.0. The molecule has 1 N–H and O–H groups in total. The van der Waals surface area contributed by atoms with E-state index in [0.29, 0.717) is 6.04 Å². The van der Waals surface area contributed by atoms with E-state index >= 15 is 0 Å². The molecule has 14 heavy (non-hydrogen) atoms. The van der Waals surface area contributed by atoms with Crippen molar-refractivity contribution < 1.29 is 8.42 Å². The van der Waals surface area contributed by atoms with Crippen LogP contribution >= 0.6 is 0 Å². The van der Waals surface area contributed by atoms with Crippen molar-refractivity contribution in [2.75, 3.05) is 19.3 Å². The molecule has 84 valence electrons. The third-order valence-electron chi connectivity index (χ3n) is 2.64. The first-order valence-electron chi connectivity index (χ1n) is 5.10. The molecule has 0 atom stereocenters. The van der Waals surface area contributed by atoms with Crippen molar-refractivity contribution in [3.8, 4) is 0 Å². The molecule has 0 saturated carbocycles. The van der Waals surface area contributed by atoms with Gasteiger partial charge in [0.05, 0.1) is 6.26 Å². The molecular formula is C9H20N2O2S. The van der Waals surface area contributed by atoms with E-state index < -0.39 is 10.0 Å². The number of hydrogen-bond acceptors (Lipinski definition) is 3. The predicted molar refractivity (Wildman–Crippen MR) is 57.7 cm³/mol. The number of likely N-dealkylation sites (tertiary alicyclic amines) is 1. The van der Waals surface area contributed by atoms with E-state index in [9.17, 15) is 8.42 Å². The zero-order valence-electron chi connectivity index (χ0n) is 9.16. The van der Waals surface area contributed by atoms with Crippen molar-refractivity contribution in [3.05, 3.63) is 0 Å².